The number of para-hydroxylation sites is 1. The Kier molecular flexibility index (Phi) is 4.97. The van der Waals surface area contributed by atoms with Gasteiger partial charge < -0.3 is 15.4 Å². The molecule has 3 rings (SSSR count). The maximum absolute atomic E-state index is 9.16. The van der Waals surface area contributed by atoms with Crippen LogP contribution >= 0.6 is 11.6 Å². The van der Waals surface area contributed by atoms with Crippen LogP contribution in [0.1, 0.15) is 5.56 Å². The summed E-state index contributed by atoms with van der Waals surface area (Å²) in [5, 5.41) is 15.9. The highest BCUT2D eigenvalue weighted by molar-refractivity contribution is 6.31. The minimum Gasteiger partial charge on any atom is -0.495 e. The van der Waals surface area contributed by atoms with Gasteiger partial charge in [-0.05, 0) is 36.4 Å². The summed E-state index contributed by atoms with van der Waals surface area (Å²) in [5.74, 6) is 1.58. The molecule has 0 amide bonds. The molecule has 2 aromatic carbocycles. The van der Waals surface area contributed by atoms with E-state index in [1.54, 1.807) is 55.8 Å². The molecule has 124 valence electrons. The number of ether oxygens (including phenoxy) is 1. The summed E-state index contributed by atoms with van der Waals surface area (Å²) in [6, 6.07) is 16.3. The van der Waals surface area contributed by atoms with Gasteiger partial charge in [0, 0.05) is 11.2 Å². The Morgan fingerprint density at radius 2 is 1.92 bits per heavy atom. The third kappa shape index (κ3) is 3.97. The van der Waals surface area contributed by atoms with E-state index in [9.17, 15) is 0 Å². The van der Waals surface area contributed by atoms with Gasteiger partial charge in [0.2, 0.25) is 5.95 Å². The van der Waals surface area contributed by atoms with E-state index in [0.717, 1.165) is 0 Å². The normalized spacial score (nSPS) is 9.96. The van der Waals surface area contributed by atoms with Gasteiger partial charge >= 0.3 is 0 Å². The van der Waals surface area contributed by atoms with E-state index in [1.165, 1.54) is 0 Å². The first-order valence-corrected chi connectivity index (χ1v) is 7.77. The number of anilines is 4. The van der Waals surface area contributed by atoms with E-state index in [-0.39, 0.29) is 0 Å². The van der Waals surface area contributed by atoms with E-state index in [0.29, 0.717) is 39.5 Å². The highest BCUT2D eigenvalue weighted by Crippen LogP contribution is 2.30. The summed E-state index contributed by atoms with van der Waals surface area (Å²) in [5.41, 5.74) is 1.85. The smallest absolute Gasteiger partial charge is 0.229 e. The number of halogens is 1. The van der Waals surface area contributed by atoms with Gasteiger partial charge in [-0.1, -0.05) is 23.7 Å². The van der Waals surface area contributed by atoms with Crippen molar-refractivity contribution in [1.82, 2.24) is 9.97 Å². The minimum absolute atomic E-state index is 0.369. The molecule has 2 N–H and O–H groups in total. The Balaban J connectivity index is 1.85. The molecule has 0 bridgehead atoms. The number of nitrogens with zero attached hydrogens (tertiary/aromatic N) is 3. The number of hydrogen-bond acceptors (Lipinski definition) is 6. The summed E-state index contributed by atoms with van der Waals surface area (Å²) >= 11 is 6.04. The van der Waals surface area contributed by atoms with Crippen LogP contribution in [-0.2, 0) is 0 Å². The van der Waals surface area contributed by atoms with Crippen molar-refractivity contribution in [3.05, 3.63) is 65.3 Å². The number of nitriles is 1. The van der Waals surface area contributed by atoms with Crippen LogP contribution in [0.15, 0.2) is 54.7 Å². The molecule has 0 aliphatic rings. The summed E-state index contributed by atoms with van der Waals surface area (Å²) < 4.78 is 5.31. The average molecular weight is 352 g/mol. The third-order valence-corrected chi connectivity index (χ3v) is 3.61. The number of benzene rings is 2. The van der Waals surface area contributed by atoms with Crippen LogP contribution in [0.2, 0.25) is 5.02 Å². The second kappa shape index (κ2) is 7.51. The number of rotatable bonds is 5. The first-order chi connectivity index (χ1) is 12.2. The van der Waals surface area contributed by atoms with Crippen LogP contribution in [0.3, 0.4) is 0 Å². The van der Waals surface area contributed by atoms with Gasteiger partial charge in [-0.25, -0.2) is 4.98 Å². The van der Waals surface area contributed by atoms with E-state index in [1.807, 2.05) is 6.07 Å². The molecule has 6 nitrogen and oxygen atoms in total. The summed E-state index contributed by atoms with van der Waals surface area (Å²) in [6.45, 7) is 0. The monoisotopic (exact) mass is 351 g/mol. The molecular formula is C18H14ClN5O. The standard InChI is InChI=1S/C18H14ClN5O/c1-25-16-7-6-13(19)10-15(16)22-17-8-9-21-18(24-17)23-14-5-3-2-4-12(14)11-20/h2-10H,1H3,(H2,21,22,23,24). The van der Waals surface area contributed by atoms with E-state index >= 15 is 0 Å². The lowest BCUT2D eigenvalue weighted by molar-refractivity contribution is 0.417. The quantitative estimate of drug-likeness (QED) is 0.704. The van der Waals surface area contributed by atoms with Crippen molar-refractivity contribution in [2.75, 3.05) is 17.7 Å². The van der Waals surface area contributed by atoms with E-state index in [2.05, 4.69) is 26.7 Å². The molecular weight excluding hydrogens is 338 g/mol. The lowest BCUT2D eigenvalue weighted by atomic mass is 10.2. The molecule has 3 aromatic rings. The molecule has 25 heavy (non-hydrogen) atoms. The molecule has 0 aliphatic carbocycles. The second-order valence-corrected chi connectivity index (χ2v) is 5.45. The third-order valence-electron chi connectivity index (χ3n) is 3.37. The maximum atomic E-state index is 9.16. The zero-order valence-corrected chi connectivity index (χ0v) is 14.1. The lowest BCUT2D eigenvalue weighted by Crippen LogP contribution is -2.02. The van der Waals surface area contributed by atoms with E-state index in [4.69, 9.17) is 21.6 Å². The zero-order valence-electron chi connectivity index (χ0n) is 13.3. The molecule has 0 unspecified atom stereocenters. The predicted molar refractivity (Wildman–Crippen MR) is 97.8 cm³/mol. The van der Waals surface area contributed by atoms with Gasteiger partial charge in [0.15, 0.2) is 0 Å². The highest BCUT2D eigenvalue weighted by Gasteiger charge is 2.07. The van der Waals surface area contributed by atoms with Crippen molar-refractivity contribution in [1.29, 1.82) is 5.26 Å². The first kappa shape index (κ1) is 16.6. The van der Waals surface area contributed by atoms with Crippen LogP contribution in [0.25, 0.3) is 0 Å². The maximum Gasteiger partial charge on any atom is 0.229 e. The SMILES string of the molecule is COc1ccc(Cl)cc1Nc1ccnc(Nc2ccccc2C#N)n1. The van der Waals surface area contributed by atoms with Crippen LogP contribution < -0.4 is 15.4 Å². The average Bonchev–Trinajstić information content (AvgIpc) is 2.63. The minimum atomic E-state index is 0.369. The highest BCUT2D eigenvalue weighted by atomic mass is 35.5. The Bertz CT molecular complexity index is 939. The van der Waals surface area contributed by atoms with Gasteiger partial charge in [0.1, 0.15) is 17.6 Å². The fourth-order valence-corrected chi connectivity index (χ4v) is 2.39. The topological polar surface area (TPSA) is 82.9 Å². The van der Waals surface area contributed by atoms with Gasteiger partial charge in [0.25, 0.3) is 0 Å². The molecule has 0 saturated heterocycles. The largest absolute Gasteiger partial charge is 0.495 e. The van der Waals surface area contributed by atoms with Crippen LogP contribution in [-0.4, -0.2) is 17.1 Å². The molecule has 0 radical (unpaired) electrons. The Morgan fingerprint density at radius 3 is 2.72 bits per heavy atom. The first-order valence-electron chi connectivity index (χ1n) is 7.39. The van der Waals surface area contributed by atoms with Crippen molar-refractivity contribution in [3.63, 3.8) is 0 Å². The van der Waals surface area contributed by atoms with Crippen LogP contribution in [0.4, 0.5) is 23.1 Å². The number of nitrogens with one attached hydrogen (secondary N) is 2. The molecule has 0 spiro atoms. The fraction of sp³-hybridized carbons (Fsp3) is 0.0556. The van der Waals surface area contributed by atoms with Gasteiger partial charge in [-0.2, -0.15) is 10.2 Å². The molecule has 1 aromatic heterocycles. The molecule has 1 heterocycles. The van der Waals surface area contributed by atoms with Crippen molar-refractivity contribution >= 4 is 34.7 Å². The molecule has 0 aliphatic heterocycles. The van der Waals surface area contributed by atoms with Crippen molar-refractivity contribution in [2.24, 2.45) is 0 Å². The van der Waals surface area contributed by atoms with Crippen molar-refractivity contribution in [2.45, 2.75) is 0 Å². The Morgan fingerprint density at radius 1 is 1.08 bits per heavy atom. The van der Waals surface area contributed by atoms with Gasteiger partial charge in [-0.3, -0.25) is 0 Å². The van der Waals surface area contributed by atoms with Crippen molar-refractivity contribution in [3.8, 4) is 11.8 Å². The fourth-order valence-electron chi connectivity index (χ4n) is 2.21. The molecule has 0 atom stereocenters. The van der Waals surface area contributed by atoms with E-state index < -0.39 is 0 Å². The molecule has 0 fully saturated rings. The van der Waals surface area contributed by atoms with Crippen molar-refractivity contribution < 1.29 is 4.74 Å². The van der Waals surface area contributed by atoms with Gasteiger partial charge in [0.05, 0.1) is 24.0 Å². The lowest BCUT2D eigenvalue weighted by Gasteiger charge is -2.12. The summed E-state index contributed by atoms with van der Waals surface area (Å²) in [7, 11) is 1.58. The Labute approximate surface area is 150 Å². The number of hydrogen-bond donors (Lipinski definition) is 2. The number of aromatic nitrogens is 2. The summed E-state index contributed by atoms with van der Waals surface area (Å²) in [4.78, 5) is 8.59. The van der Waals surface area contributed by atoms with Gasteiger partial charge in [-0.15, -0.1) is 0 Å². The predicted octanol–water partition coefficient (Wildman–Crippen LogP) is 4.50. The second-order valence-electron chi connectivity index (χ2n) is 5.02. The molecule has 7 heteroatoms. The molecule has 0 saturated carbocycles. The zero-order chi connectivity index (χ0) is 17.6. The number of methoxy groups -OCH3 is 1. The van der Waals surface area contributed by atoms with Crippen LogP contribution in [0, 0.1) is 11.3 Å². The summed E-state index contributed by atoms with van der Waals surface area (Å²) in [6.07, 6.45) is 1.61. The Hall–Kier alpha value is -3.30. The van der Waals surface area contributed by atoms with Crippen LogP contribution in [0.5, 0.6) is 5.75 Å².